The van der Waals surface area contributed by atoms with Crippen LogP contribution in [-0.4, -0.2) is 10.4 Å². The van der Waals surface area contributed by atoms with Gasteiger partial charge in [-0.3, -0.25) is 4.79 Å². The molecule has 1 aliphatic carbocycles. The van der Waals surface area contributed by atoms with Crippen LogP contribution in [0.15, 0.2) is 30.6 Å². The molecule has 19 heavy (non-hydrogen) atoms. The van der Waals surface area contributed by atoms with Crippen LogP contribution < -0.4 is 0 Å². The van der Waals surface area contributed by atoms with Gasteiger partial charge in [0.15, 0.2) is 5.78 Å². The zero-order chi connectivity index (χ0) is 13.4. The Morgan fingerprint density at radius 2 is 2.11 bits per heavy atom. The standard InChI is InChI=1S/C15H13ClFNO/c16-14-6-12(17)5-4-11(14)8-18-7-10-2-1-3-15(19)13(10)9-18/h4-7,9H,1-3,8H2. The van der Waals surface area contributed by atoms with E-state index < -0.39 is 0 Å². The van der Waals surface area contributed by atoms with E-state index in [2.05, 4.69) is 0 Å². The molecule has 0 saturated carbocycles. The summed E-state index contributed by atoms with van der Waals surface area (Å²) in [4.78, 5) is 11.8. The first-order valence-electron chi connectivity index (χ1n) is 6.29. The molecule has 2 nitrogen and oxygen atoms in total. The Kier molecular flexibility index (Phi) is 3.15. The molecule has 0 aliphatic heterocycles. The summed E-state index contributed by atoms with van der Waals surface area (Å²) in [6.07, 6.45) is 6.37. The van der Waals surface area contributed by atoms with Gasteiger partial charge in [-0.1, -0.05) is 17.7 Å². The number of aromatic nitrogens is 1. The lowest BCUT2D eigenvalue weighted by Crippen LogP contribution is -2.07. The summed E-state index contributed by atoms with van der Waals surface area (Å²) < 4.78 is 14.9. The summed E-state index contributed by atoms with van der Waals surface area (Å²) in [5.41, 5.74) is 2.78. The zero-order valence-electron chi connectivity index (χ0n) is 10.3. The van der Waals surface area contributed by atoms with E-state index in [0.717, 1.165) is 29.5 Å². The number of carbonyl (C=O) groups excluding carboxylic acids is 1. The van der Waals surface area contributed by atoms with E-state index in [9.17, 15) is 9.18 Å². The molecule has 0 unspecified atom stereocenters. The predicted octanol–water partition coefficient (Wildman–Crippen LogP) is 3.85. The Hall–Kier alpha value is -1.61. The number of Topliss-reactive ketones (excluding diaryl/α,β-unsaturated/α-hetero) is 1. The van der Waals surface area contributed by atoms with Crippen LogP contribution in [0.4, 0.5) is 4.39 Å². The van der Waals surface area contributed by atoms with Crippen molar-refractivity contribution in [2.45, 2.75) is 25.8 Å². The molecule has 1 aromatic heterocycles. The molecule has 3 rings (SSSR count). The Labute approximate surface area is 115 Å². The minimum Gasteiger partial charge on any atom is -0.349 e. The highest BCUT2D eigenvalue weighted by Gasteiger charge is 2.19. The summed E-state index contributed by atoms with van der Waals surface area (Å²) in [6.45, 7) is 0.555. The Balaban J connectivity index is 1.89. The van der Waals surface area contributed by atoms with Crippen LogP contribution in [0.2, 0.25) is 5.02 Å². The van der Waals surface area contributed by atoms with Crippen LogP contribution >= 0.6 is 11.6 Å². The first-order valence-corrected chi connectivity index (χ1v) is 6.67. The molecule has 0 bridgehead atoms. The molecular formula is C15H13ClFNO. The molecule has 0 saturated heterocycles. The van der Waals surface area contributed by atoms with Gasteiger partial charge in [-0.2, -0.15) is 0 Å². The van der Waals surface area contributed by atoms with Crippen molar-refractivity contribution < 1.29 is 9.18 Å². The molecule has 1 heterocycles. The SMILES string of the molecule is O=C1CCCc2cn(Cc3ccc(F)cc3Cl)cc21. The number of benzene rings is 1. The van der Waals surface area contributed by atoms with E-state index in [1.54, 1.807) is 6.07 Å². The molecule has 4 heteroatoms. The van der Waals surface area contributed by atoms with Crippen molar-refractivity contribution in [1.29, 1.82) is 0 Å². The number of halogens is 2. The van der Waals surface area contributed by atoms with Gasteiger partial charge in [-0.05, 0) is 36.1 Å². The van der Waals surface area contributed by atoms with Gasteiger partial charge in [0.1, 0.15) is 5.82 Å². The largest absolute Gasteiger partial charge is 0.349 e. The third-order valence-electron chi connectivity index (χ3n) is 3.48. The van der Waals surface area contributed by atoms with Crippen LogP contribution in [-0.2, 0) is 13.0 Å². The molecule has 0 spiro atoms. The maximum Gasteiger partial charge on any atom is 0.164 e. The van der Waals surface area contributed by atoms with Crippen molar-refractivity contribution in [3.05, 3.63) is 58.1 Å². The van der Waals surface area contributed by atoms with E-state index in [1.165, 1.54) is 12.1 Å². The van der Waals surface area contributed by atoms with Crippen molar-refractivity contribution in [2.75, 3.05) is 0 Å². The van der Waals surface area contributed by atoms with Crippen molar-refractivity contribution in [3.63, 3.8) is 0 Å². The number of nitrogens with zero attached hydrogens (tertiary/aromatic N) is 1. The van der Waals surface area contributed by atoms with Gasteiger partial charge in [0.2, 0.25) is 0 Å². The number of fused-ring (bicyclic) bond motifs is 1. The molecule has 0 atom stereocenters. The highest BCUT2D eigenvalue weighted by atomic mass is 35.5. The normalized spacial score (nSPS) is 14.5. The summed E-state index contributed by atoms with van der Waals surface area (Å²) >= 11 is 6.01. The summed E-state index contributed by atoms with van der Waals surface area (Å²) in [6, 6.07) is 4.39. The Morgan fingerprint density at radius 3 is 2.84 bits per heavy atom. The van der Waals surface area contributed by atoms with Gasteiger partial charge < -0.3 is 4.57 Å². The fourth-order valence-electron chi connectivity index (χ4n) is 2.52. The minimum atomic E-state index is -0.337. The monoisotopic (exact) mass is 277 g/mol. The second-order valence-electron chi connectivity index (χ2n) is 4.88. The van der Waals surface area contributed by atoms with E-state index in [0.29, 0.717) is 18.0 Å². The maximum atomic E-state index is 13.0. The highest BCUT2D eigenvalue weighted by Crippen LogP contribution is 2.24. The highest BCUT2D eigenvalue weighted by molar-refractivity contribution is 6.31. The number of rotatable bonds is 2. The third kappa shape index (κ3) is 2.43. The van der Waals surface area contributed by atoms with Gasteiger partial charge in [0, 0.05) is 35.9 Å². The van der Waals surface area contributed by atoms with E-state index >= 15 is 0 Å². The lowest BCUT2D eigenvalue weighted by atomic mass is 9.95. The van der Waals surface area contributed by atoms with Crippen LogP contribution in [0.1, 0.15) is 34.3 Å². The maximum absolute atomic E-state index is 13.0. The minimum absolute atomic E-state index is 0.213. The lowest BCUT2D eigenvalue weighted by Gasteiger charge is -2.07. The van der Waals surface area contributed by atoms with Gasteiger partial charge in [0.05, 0.1) is 0 Å². The summed E-state index contributed by atoms with van der Waals surface area (Å²) in [5.74, 6) is -0.124. The molecule has 0 radical (unpaired) electrons. The number of ketones is 1. The summed E-state index contributed by atoms with van der Waals surface area (Å²) in [7, 11) is 0. The number of aryl methyl sites for hydroxylation is 1. The average molecular weight is 278 g/mol. The molecule has 0 N–H and O–H groups in total. The molecular weight excluding hydrogens is 265 g/mol. The topological polar surface area (TPSA) is 22.0 Å². The Morgan fingerprint density at radius 1 is 1.26 bits per heavy atom. The second kappa shape index (κ2) is 4.82. The molecule has 1 aromatic carbocycles. The van der Waals surface area contributed by atoms with Crippen molar-refractivity contribution in [1.82, 2.24) is 4.57 Å². The second-order valence-corrected chi connectivity index (χ2v) is 5.29. The van der Waals surface area contributed by atoms with Crippen LogP contribution in [0, 0.1) is 5.82 Å². The predicted molar refractivity (Wildman–Crippen MR) is 72.2 cm³/mol. The van der Waals surface area contributed by atoms with Crippen molar-refractivity contribution >= 4 is 17.4 Å². The van der Waals surface area contributed by atoms with Gasteiger partial charge >= 0.3 is 0 Å². The lowest BCUT2D eigenvalue weighted by molar-refractivity contribution is 0.0973. The third-order valence-corrected chi connectivity index (χ3v) is 3.83. The number of hydrogen-bond acceptors (Lipinski definition) is 1. The van der Waals surface area contributed by atoms with E-state index in [1.807, 2.05) is 17.0 Å². The quantitative estimate of drug-likeness (QED) is 0.817. The van der Waals surface area contributed by atoms with Crippen molar-refractivity contribution in [3.8, 4) is 0 Å². The number of hydrogen-bond donors (Lipinski definition) is 0. The first-order chi connectivity index (χ1) is 9.13. The molecule has 98 valence electrons. The van der Waals surface area contributed by atoms with E-state index in [4.69, 9.17) is 11.6 Å². The van der Waals surface area contributed by atoms with Gasteiger partial charge in [-0.15, -0.1) is 0 Å². The Bertz CT molecular complexity index is 648. The van der Waals surface area contributed by atoms with Gasteiger partial charge in [-0.25, -0.2) is 4.39 Å². The van der Waals surface area contributed by atoms with E-state index in [-0.39, 0.29) is 11.6 Å². The molecule has 0 amide bonds. The molecule has 2 aromatic rings. The molecule has 0 fully saturated rings. The van der Waals surface area contributed by atoms with Crippen LogP contribution in [0.5, 0.6) is 0 Å². The summed E-state index contributed by atoms with van der Waals surface area (Å²) in [5, 5.41) is 0.415. The van der Waals surface area contributed by atoms with Crippen molar-refractivity contribution in [2.24, 2.45) is 0 Å². The average Bonchev–Trinajstić information content (AvgIpc) is 2.77. The zero-order valence-corrected chi connectivity index (χ0v) is 11.1. The van der Waals surface area contributed by atoms with Gasteiger partial charge in [0.25, 0.3) is 0 Å². The number of carbonyl (C=O) groups is 1. The molecule has 1 aliphatic rings. The fraction of sp³-hybridized carbons (Fsp3) is 0.267. The first kappa shape index (κ1) is 12.4. The fourth-order valence-corrected chi connectivity index (χ4v) is 2.74. The van der Waals surface area contributed by atoms with Crippen LogP contribution in [0.3, 0.4) is 0 Å². The smallest absolute Gasteiger partial charge is 0.164 e. The van der Waals surface area contributed by atoms with Crippen LogP contribution in [0.25, 0.3) is 0 Å².